The van der Waals surface area contributed by atoms with E-state index in [0.717, 1.165) is 12.8 Å². The lowest BCUT2D eigenvalue weighted by molar-refractivity contribution is 0.219. The van der Waals surface area contributed by atoms with Gasteiger partial charge in [0.25, 0.3) is 0 Å². The highest BCUT2D eigenvalue weighted by Gasteiger charge is 2.06. The quantitative estimate of drug-likeness (QED) is 0.414. The molecule has 2 heteroatoms. The molecule has 0 aliphatic carbocycles. The van der Waals surface area contributed by atoms with Gasteiger partial charge in [-0.3, -0.25) is 0 Å². The molecule has 1 nitrogen and oxygen atoms in total. The number of unbranched alkanes of at least 4 members (excludes halogenated alkanes) is 1. The molecular formula is C11H18OSi. The Bertz CT molecular complexity index is 234. The molecule has 0 fully saturated rings. The van der Waals surface area contributed by atoms with E-state index < -0.39 is 14.2 Å². The number of hydrogen-bond acceptors (Lipinski definition) is 1. The van der Waals surface area contributed by atoms with Gasteiger partial charge in [0.2, 0.25) is 0 Å². The smallest absolute Gasteiger partial charge is 0.129 e. The lowest BCUT2D eigenvalue weighted by Gasteiger charge is -2.03. The van der Waals surface area contributed by atoms with Crippen LogP contribution in [0.25, 0.3) is 0 Å². The van der Waals surface area contributed by atoms with Crippen molar-refractivity contribution in [2.24, 2.45) is 0 Å². The minimum atomic E-state index is -1.21. The molecule has 0 saturated heterocycles. The Kier molecular flexibility index (Phi) is 5.54. The SMILES string of the molecule is C#CC(O)CCCC#C[Si](C)(C)C. The summed E-state index contributed by atoms with van der Waals surface area (Å²) in [6.45, 7) is 6.66. The van der Waals surface area contributed by atoms with Crippen LogP contribution in [0.5, 0.6) is 0 Å². The van der Waals surface area contributed by atoms with Crippen LogP contribution in [0.15, 0.2) is 0 Å². The van der Waals surface area contributed by atoms with E-state index in [-0.39, 0.29) is 0 Å². The normalized spacial score (nSPS) is 12.5. The van der Waals surface area contributed by atoms with Crippen LogP contribution in [0.2, 0.25) is 19.6 Å². The first kappa shape index (κ1) is 12.3. The molecule has 0 rings (SSSR count). The molecule has 0 aromatic carbocycles. The van der Waals surface area contributed by atoms with Gasteiger partial charge in [0.1, 0.15) is 14.2 Å². The fraction of sp³-hybridized carbons (Fsp3) is 0.636. The monoisotopic (exact) mass is 194 g/mol. The summed E-state index contributed by atoms with van der Waals surface area (Å²) in [5.41, 5.74) is 3.27. The van der Waals surface area contributed by atoms with Crippen molar-refractivity contribution >= 4 is 8.07 Å². The van der Waals surface area contributed by atoms with Crippen LogP contribution in [0, 0.1) is 23.8 Å². The van der Waals surface area contributed by atoms with Crippen molar-refractivity contribution in [3.8, 4) is 23.8 Å². The number of aliphatic hydroxyl groups is 1. The highest BCUT2D eigenvalue weighted by atomic mass is 28.3. The Labute approximate surface area is 82.6 Å². The van der Waals surface area contributed by atoms with Gasteiger partial charge in [0.15, 0.2) is 0 Å². The molecule has 1 N–H and O–H groups in total. The lowest BCUT2D eigenvalue weighted by Crippen LogP contribution is -2.16. The summed E-state index contributed by atoms with van der Waals surface area (Å²) in [5, 5.41) is 9.04. The molecule has 0 radical (unpaired) electrons. The second kappa shape index (κ2) is 5.86. The molecule has 0 aromatic heterocycles. The molecule has 0 aliphatic rings. The van der Waals surface area contributed by atoms with Gasteiger partial charge in [-0.2, -0.15) is 0 Å². The number of rotatable bonds is 3. The van der Waals surface area contributed by atoms with Crippen molar-refractivity contribution in [2.45, 2.75) is 45.0 Å². The summed E-state index contributed by atoms with van der Waals surface area (Å²) in [5.74, 6) is 5.42. The molecule has 1 unspecified atom stereocenters. The third-order valence-electron chi connectivity index (χ3n) is 1.44. The van der Waals surface area contributed by atoms with E-state index in [1.165, 1.54) is 0 Å². The first-order valence-electron chi connectivity index (χ1n) is 4.60. The van der Waals surface area contributed by atoms with Crippen LogP contribution >= 0.6 is 0 Å². The number of hydrogen-bond donors (Lipinski definition) is 1. The van der Waals surface area contributed by atoms with Crippen molar-refractivity contribution in [1.29, 1.82) is 0 Å². The maximum Gasteiger partial charge on any atom is 0.129 e. The van der Waals surface area contributed by atoms with E-state index in [1.807, 2.05) is 0 Å². The maximum atomic E-state index is 9.04. The van der Waals surface area contributed by atoms with Gasteiger partial charge in [-0.25, -0.2) is 0 Å². The first-order valence-corrected chi connectivity index (χ1v) is 8.10. The minimum Gasteiger partial charge on any atom is -0.380 e. The molecular weight excluding hydrogens is 176 g/mol. The van der Waals surface area contributed by atoms with Crippen molar-refractivity contribution in [3.05, 3.63) is 0 Å². The highest BCUT2D eigenvalue weighted by molar-refractivity contribution is 6.83. The van der Waals surface area contributed by atoms with Crippen LogP contribution in [-0.2, 0) is 0 Å². The molecule has 0 aliphatic heterocycles. The van der Waals surface area contributed by atoms with Gasteiger partial charge >= 0.3 is 0 Å². The van der Waals surface area contributed by atoms with Crippen LogP contribution < -0.4 is 0 Å². The predicted octanol–water partition coefficient (Wildman–Crippen LogP) is 2.03. The molecule has 0 bridgehead atoms. The number of aliphatic hydroxyl groups excluding tert-OH is 1. The second-order valence-corrected chi connectivity index (χ2v) is 8.88. The van der Waals surface area contributed by atoms with Crippen molar-refractivity contribution in [3.63, 3.8) is 0 Å². The van der Waals surface area contributed by atoms with Gasteiger partial charge in [0, 0.05) is 6.42 Å². The lowest BCUT2D eigenvalue weighted by atomic mass is 10.2. The van der Waals surface area contributed by atoms with Crippen LogP contribution in [0.1, 0.15) is 19.3 Å². The fourth-order valence-corrected chi connectivity index (χ4v) is 1.45. The average Bonchev–Trinajstić information content (AvgIpc) is 2.01. The molecule has 0 heterocycles. The summed E-state index contributed by atoms with van der Waals surface area (Å²) in [7, 11) is -1.21. The zero-order valence-corrected chi connectivity index (χ0v) is 9.72. The standard InChI is InChI=1S/C11H18OSi/c1-5-11(12)9-7-6-8-10-13(2,3)4/h1,11-12H,6-7,9H2,2-4H3. The van der Waals surface area contributed by atoms with Gasteiger partial charge in [-0.15, -0.1) is 17.9 Å². The average molecular weight is 194 g/mol. The molecule has 0 spiro atoms. The van der Waals surface area contributed by atoms with Gasteiger partial charge in [0.05, 0.1) is 0 Å². The fourth-order valence-electron chi connectivity index (χ4n) is 0.795. The summed E-state index contributed by atoms with van der Waals surface area (Å²) >= 11 is 0. The Balaban J connectivity index is 3.57. The summed E-state index contributed by atoms with van der Waals surface area (Å²) in [6.07, 6.45) is 6.84. The van der Waals surface area contributed by atoms with E-state index >= 15 is 0 Å². The molecule has 13 heavy (non-hydrogen) atoms. The Morgan fingerprint density at radius 2 is 2.00 bits per heavy atom. The van der Waals surface area contributed by atoms with E-state index in [0.29, 0.717) is 6.42 Å². The van der Waals surface area contributed by atoms with Crippen molar-refractivity contribution < 1.29 is 5.11 Å². The summed E-state index contributed by atoms with van der Waals surface area (Å²) < 4.78 is 0. The Morgan fingerprint density at radius 3 is 2.46 bits per heavy atom. The van der Waals surface area contributed by atoms with E-state index in [1.54, 1.807) is 0 Å². The van der Waals surface area contributed by atoms with Crippen molar-refractivity contribution in [1.82, 2.24) is 0 Å². The summed E-state index contributed by atoms with van der Waals surface area (Å²) in [4.78, 5) is 0. The van der Waals surface area contributed by atoms with Gasteiger partial charge in [-0.1, -0.05) is 25.6 Å². The van der Waals surface area contributed by atoms with Crippen LogP contribution in [0.4, 0.5) is 0 Å². The maximum absolute atomic E-state index is 9.04. The molecule has 1 atom stereocenters. The molecule has 72 valence electrons. The molecule has 0 aromatic rings. The zero-order chi connectivity index (χ0) is 10.3. The van der Waals surface area contributed by atoms with E-state index in [9.17, 15) is 0 Å². The van der Waals surface area contributed by atoms with E-state index in [4.69, 9.17) is 11.5 Å². The van der Waals surface area contributed by atoms with Gasteiger partial charge in [-0.05, 0) is 12.8 Å². The Hall–Kier alpha value is -0.703. The largest absolute Gasteiger partial charge is 0.380 e. The number of terminal acetylenes is 1. The minimum absolute atomic E-state index is 0.589. The van der Waals surface area contributed by atoms with Gasteiger partial charge < -0.3 is 5.11 Å². The third-order valence-corrected chi connectivity index (χ3v) is 2.36. The highest BCUT2D eigenvalue weighted by Crippen LogP contribution is 2.00. The topological polar surface area (TPSA) is 20.2 Å². The predicted molar refractivity (Wildman–Crippen MR) is 59.8 cm³/mol. The molecule has 0 amide bonds. The molecule has 0 saturated carbocycles. The third kappa shape index (κ3) is 9.21. The van der Waals surface area contributed by atoms with Crippen LogP contribution in [-0.4, -0.2) is 19.3 Å². The zero-order valence-electron chi connectivity index (χ0n) is 8.72. The van der Waals surface area contributed by atoms with Crippen LogP contribution in [0.3, 0.4) is 0 Å². The first-order chi connectivity index (χ1) is 5.95. The summed E-state index contributed by atoms with van der Waals surface area (Å²) in [6, 6.07) is 0. The van der Waals surface area contributed by atoms with E-state index in [2.05, 4.69) is 37.0 Å². The Morgan fingerprint density at radius 1 is 1.38 bits per heavy atom. The van der Waals surface area contributed by atoms with Crippen molar-refractivity contribution in [2.75, 3.05) is 0 Å². The second-order valence-electron chi connectivity index (χ2n) is 4.13.